The normalized spacial score (nSPS) is 14.9. The van der Waals surface area contributed by atoms with Crippen LogP contribution in [0.15, 0.2) is 17.1 Å². The van der Waals surface area contributed by atoms with E-state index in [9.17, 15) is 13.6 Å². The van der Waals surface area contributed by atoms with Gasteiger partial charge in [-0.1, -0.05) is 0 Å². The molecule has 0 bridgehead atoms. The van der Waals surface area contributed by atoms with Crippen LogP contribution in [-0.2, 0) is 19.5 Å². The maximum absolute atomic E-state index is 12.3. The van der Waals surface area contributed by atoms with Gasteiger partial charge in [-0.2, -0.15) is 5.10 Å². The topological polar surface area (TPSA) is 39.8 Å². The van der Waals surface area contributed by atoms with E-state index in [-0.39, 0.29) is 24.9 Å². The minimum Gasteiger partial charge on any atom is -0.343 e. The molecule has 20 heavy (non-hydrogen) atoms. The lowest BCUT2D eigenvalue weighted by Gasteiger charge is -2.15. The first-order chi connectivity index (χ1) is 9.66. The molecule has 108 valence electrons. The fourth-order valence-corrected chi connectivity index (χ4v) is 2.85. The summed E-state index contributed by atoms with van der Waals surface area (Å²) in [4.78, 5) is 12.3. The Labute approximate surface area is 115 Å². The molecule has 0 radical (unpaired) electrons. The van der Waals surface area contributed by atoms with Gasteiger partial charge in [0.1, 0.15) is 0 Å². The van der Waals surface area contributed by atoms with Crippen molar-refractivity contribution in [3.8, 4) is 0 Å². The molecule has 4 nitrogen and oxygen atoms in total. The second-order valence-corrected chi connectivity index (χ2v) is 5.25. The SMILES string of the molecule is O=c1c2cc3n(c2cnn1CCCC(F)F)CCCC3. The van der Waals surface area contributed by atoms with Crippen LogP contribution in [0.3, 0.4) is 0 Å². The first-order valence-electron chi connectivity index (χ1n) is 7.03. The molecule has 2 aromatic rings. The van der Waals surface area contributed by atoms with Crippen LogP contribution in [0.4, 0.5) is 8.78 Å². The Morgan fingerprint density at radius 1 is 1.35 bits per heavy atom. The molecule has 0 aliphatic carbocycles. The third kappa shape index (κ3) is 2.34. The lowest BCUT2D eigenvalue weighted by Crippen LogP contribution is -2.23. The Kier molecular flexibility index (Phi) is 3.54. The summed E-state index contributed by atoms with van der Waals surface area (Å²) in [6, 6.07) is 1.93. The molecule has 0 saturated carbocycles. The van der Waals surface area contributed by atoms with Crippen LogP contribution in [0.1, 0.15) is 31.4 Å². The van der Waals surface area contributed by atoms with Crippen molar-refractivity contribution in [2.24, 2.45) is 0 Å². The number of rotatable bonds is 4. The Morgan fingerprint density at radius 3 is 3.00 bits per heavy atom. The van der Waals surface area contributed by atoms with E-state index in [0.29, 0.717) is 5.39 Å². The maximum atomic E-state index is 12.3. The van der Waals surface area contributed by atoms with Gasteiger partial charge in [0, 0.05) is 25.2 Å². The number of fused-ring (bicyclic) bond motifs is 3. The number of alkyl halides is 2. The van der Waals surface area contributed by atoms with E-state index in [4.69, 9.17) is 0 Å². The number of halogens is 2. The van der Waals surface area contributed by atoms with Gasteiger partial charge in [-0.25, -0.2) is 13.5 Å². The Hall–Kier alpha value is -1.72. The van der Waals surface area contributed by atoms with Gasteiger partial charge in [-0.05, 0) is 31.7 Å². The highest BCUT2D eigenvalue weighted by Crippen LogP contribution is 2.22. The molecule has 3 rings (SSSR count). The van der Waals surface area contributed by atoms with Gasteiger partial charge in [0.05, 0.1) is 17.1 Å². The van der Waals surface area contributed by atoms with Crippen molar-refractivity contribution >= 4 is 10.9 Å². The highest BCUT2D eigenvalue weighted by Gasteiger charge is 2.16. The predicted octanol–water partition coefficient (Wildman–Crippen LogP) is 2.58. The average molecular weight is 281 g/mol. The third-order valence-corrected chi connectivity index (χ3v) is 3.87. The first-order valence-corrected chi connectivity index (χ1v) is 7.03. The fourth-order valence-electron chi connectivity index (χ4n) is 2.85. The van der Waals surface area contributed by atoms with Crippen LogP contribution < -0.4 is 5.56 Å². The van der Waals surface area contributed by atoms with Crippen LogP contribution in [0.25, 0.3) is 10.9 Å². The van der Waals surface area contributed by atoms with E-state index >= 15 is 0 Å². The summed E-state index contributed by atoms with van der Waals surface area (Å²) < 4.78 is 27.7. The largest absolute Gasteiger partial charge is 0.343 e. The molecule has 0 spiro atoms. The van der Waals surface area contributed by atoms with E-state index in [0.717, 1.165) is 31.3 Å². The second-order valence-electron chi connectivity index (χ2n) is 5.25. The van der Waals surface area contributed by atoms with Gasteiger partial charge in [0.25, 0.3) is 5.56 Å². The number of nitrogens with zero attached hydrogens (tertiary/aromatic N) is 3. The van der Waals surface area contributed by atoms with Crippen molar-refractivity contribution < 1.29 is 8.78 Å². The summed E-state index contributed by atoms with van der Waals surface area (Å²) >= 11 is 0. The molecular weight excluding hydrogens is 264 g/mol. The van der Waals surface area contributed by atoms with Crippen molar-refractivity contribution in [3.63, 3.8) is 0 Å². The summed E-state index contributed by atoms with van der Waals surface area (Å²) in [6.45, 7) is 1.18. The second kappa shape index (κ2) is 5.34. The number of aromatic nitrogens is 3. The van der Waals surface area contributed by atoms with Crippen LogP contribution in [0.2, 0.25) is 0 Å². The zero-order valence-corrected chi connectivity index (χ0v) is 11.2. The highest BCUT2D eigenvalue weighted by atomic mass is 19.3. The van der Waals surface area contributed by atoms with Gasteiger partial charge < -0.3 is 4.57 Å². The van der Waals surface area contributed by atoms with Gasteiger partial charge in [0.15, 0.2) is 0 Å². The molecule has 0 saturated heterocycles. The van der Waals surface area contributed by atoms with Gasteiger partial charge in [-0.3, -0.25) is 4.79 Å². The van der Waals surface area contributed by atoms with Crippen molar-refractivity contribution in [1.82, 2.24) is 14.3 Å². The van der Waals surface area contributed by atoms with Crippen molar-refractivity contribution in [1.29, 1.82) is 0 Å². The molecule has 0 aromatic carbocycles. The van der Waals surface area contributed by atoms with E-state index in [1.807, 2.05) is 6.07 Å². The molecule has 0 atom stereocenters. The maximum Gasteiger partial charge on any atom is 0.276 e. The fraction of sp³-hybridized carbons (Fsp3) is 0.571. The Balaban J connectivity index is 1.93. The van der Waals surface area contributed by atoms with E-state index in [1.54, 1.807) is 6.20 Å². The van der Waals surface area contributed by atoms with Crippen LogP contribution in [-0.4, -0.2) is 20.8 Å². The Bertz CT molecular complexity index is 675. The van der Waals surface area contributed by atoms with E-state index in [1.165, 1.54) is 10.4 Å². The average Bonchev–Trinajstić information content (AvgIpc) is 2.81. The van der Waals surface area contributed by atoms with Crippen LogP contribution in [0.5, 0.6) is 0 Å². The zero-order chi connectivity index (χ0) is 14.1. The molecular formula is C14H17F2N3O. The number of aryl methyl sites for hydroxylation is 3. The number of hydrogen-bond donors (Lipinski definition) is 0. The molecule has 0 amide bonds. The third-order valence-electron chi connectivity index (χ3n) is 3.87. The monoisotopic (exact) mass is 281 g/mol. The molecule has 0 unspecified atom stereocenters. The van der Waals surface area contributed by atoms with E-state index < -0.39 is 6.43 Å². The highest BCUT2D eigenvalue weighted by molar-refractivity contribution is 5.79. The summed E-state index contributed by atoms with van der Waals surface area (Å²) in [5.74, 6) is 0. The zero-order valence-electron chi connectivity index (χ0n) is 11.2. The van der Waals surface area contributed by atoms with Gasteiger partial charge >= 0.3 is 0 Å². The lowest BCUT2D eigenvalue weighted by molar-refractivity contribution is 0.132. The first kappa shape index (κ1) is 13.3. The van der Waals surface area contributed by atoms with Gasteiger partial charge in [-0.15, -0.1) is 0 Å². The predicted molar refractivity (Wildman–Crippen MR) is 72.2 cm³/mol. The van der Waals surface area contributed by atoms with Crippen LogP contribution in [0, 0.1) is 0 Å². The summed E-state index contributed by atoms with van der Waals surface area (Å²) in [6.07, 6.45) is 2.69. The molecule has 6 heteroatoms. The minimum absolute atomic E-state index is 0.168. The number of hydrogen-bond acceptors (Lipinski definition) is 2. The van der Waals surface area contributed by atoms with Crippen molar-refractivity contribution in [2.45, 2.75) is 51.6 Å². The van der Waals surface area contributed by atoms with Crippen molar-refractivity contribution in [2.75, 3.05) is 0 Å². The molecule has 1 aliphatic heterocycles. The molecule has 1 aliphatic rings. The van der Waals surface area contributed by atoms with Crippen molar-refractivity contribution in [3.05, 3.63) is 28.3 Å². The van der Waals surface area contributed by atoms with Gasteiger partial charge in [0.2, 0.25) is 6.43 Å². The summed E-state index contributed by atoms with van der Waals surface area (Å²) in [5, 5.41) is 4.78. The molecule has 2 aromatic heterocycles. The Morgan fingerprint density at radius 2 is 2.20 bits per heavy atom. The smallest absolute Gasteiger partial charge is 0.276 e. The van der Waals surface area contributed by atoms with E-state index in [2.05, 4.69) is 9.67 Å². The molecule has 3 heterocycles. The molecule has 0 fully saturated rings. The standard InChI is InChI=1S/C14H17F2N3O/c15-13(16)5-3-7-19-14(20)11-8-10-4-1-2-6-18(10)12(11)9-17-19/h8-9,13H,1-7H2. The molecule has 0 N–H and O–H groups in total. The minimum atomic E-state index is -2.32. The quantitative estimate of drug-likeness (QED) is 0.864. The lowest BCUT2D eigenvalue weighted by atomic mass is 10.1. The summed E-state index contributed by atoms with van der Waals surface area (Å²) in [7, 11) is 0. The summed E-state index contributed by atoms with van der Waals surface area (Å²) in [5.41, 5.74) is 1.88. The van der Waals surface area contributed by atoms with Crippen LogP contribution >= 0.6 is 0 Å².